The molecular formula is C27H27N3O4S2. The summed E-state index contributed by atoms with van der Waals surface area (Å²) in [5.41, 5.74) is 3.84. The first-order valence-electron chi connectivity index (χ1n) is 11.8. The van der Waals surface area contributed by atoms with Crippen molar-refractivity contribution in [1.82, 2.24) is 9.29 Å². The first kappa shape index (κ1) is 24.4. The number of nitrogens with one attached hydrogen (secondary N) is 1. The maximum atomic E-state index is 13.1. The molecule has 36 heavy (non-hydrogen) atoms. The monoisotopic (exact) mass is 521 g/mol. The van der Waals surface area contributed by atoms with Crippen molar-refractivity contribution in [2.24, 2.45) is 5.92 Å². The lowest BCUT2D eigenvalue weighted by molar-refractivity contribution is -0.120. The largest absolute Gasteiger partial charge is 0.497 e. The summed E-state index contributed by atoms with van der Waals surface area (Å²) in [5.74, 6) is 0.000827. The number of anilines is 1. The predicted octanol–water partition coefficient (Wildman–Crippen LogP) is 5.32. The Morgan fingerprint density at radius 2 is 1.83 bits per heavy atom. The predicted molar refractivity (Wildman–Crippen MR) is 143 cm³/mol. The molecule has 1 fully saturated rings. The number of hydrogen-bond acceptors (Lipinski definition) is 6. The quantitative estimate of drug-likeness (QED) is 0.371. The van der Waals surface area contributed by atoms with E-state index in [4.69, 9.17) is 9.72 Å². The summed E-state index contributed by atoms with van der Waals surface area (Å²) in [4.78, 5) is 17.9. The van der Waals surface area contributed by atoms with Crippen LogP contribution < -0.4 is 10.1 Å². The fourth-order valence-corrected chi connectivity index (χ4v) is 6.96. The van der Waals surface area contributed by atoms with Gasteiger partial charge in [-0.1, -0.05) is 6.07 Å². The van der Waals surface area contributed by atoms with Crippen LogP contribution in [-0.2, 0) is 14.8 Å². The van der Waals surface area contributed by atoms with Gasteiger partial charge in [-0.25, -0.2) is 13.4 Å². The molecule has 0 aliphatic carbocycles. The van der Waals surface area contributed by atoms with Gasteiger partial charge in [-0.2, -0.15) is 4.31 Å². The van der Waals surface area contributed by atoms with Crippen molar-refractivity contribution in [3.63, 3.8) is 0 Å². The van der Waals surface area contributed by atoms with Crippen LogP contribution in [0.5, 0.6) is 5.75 Å². The zero-order valence-electron chi connectivity index (χ0n) is 20.1. The summed E-state index contributed by atoms with van der Waals surface area (Å²) >= 11 is 1.64. The Kier molecular flexibility index (Phi) is 6.79. The highest BCUT2D eigenvalue weighted by Crippen LogP contribution is 2.32. The molecule has 9 heteroatoms. The first-order chi connectivity index (χ1) is 17.3. The molecule has 7 nitrogen and oxygen atoms in total. The molecule has 1 aliphatic heterocycles. The number of sulfonamides is 1. The fraction of sp³-hybridized carbons (Fsp3) is 0.259. The van der Waals surface area contributed by atoms with E-state index in [9.17, 15) is 13.2 Å². The van der Waals surface area contributed by atoms with Crippen LogP contribution in [0.1, 0.15) is 18.4 Å². The van der Waals surface area contributed by atoms with Crippen LogP contribution in [0, 0.1) is 12.8 Å². The van der Waals surface area contributed by atoms with Crippen LogP contribution in [0.4, 0.5) is 5.69 Å². The van der Waals surface area contributed by atoms with E-state index in [1.54, 1.807) is 23.5 Å². The van der Waals surface area contributed by atoms with E-state index in [0.29, 0.717) is 30.8 Å². The summed E-state index contributed by atoms with van der Waals surface area (Å²) in [5, 5.41) is 3.89. The number of methoxy groups -OCH3 is 1. The van der Waals surface area contributed by atoms with E-state index in [1.807, 2.05) is 30.3 Å². The maximum Gasteiger partial charge on any atom is 0.243 e. The number of carbonyl (C=O) groups is 1. The number of aryl methyl sites for hydroxylation is 1. The Balaban J connectivity index is 1.25. The summed E-state index contributed by atoms with van der Waals surface area (Å²) in [6, 6.07) is 20.1. The second-order valence-corrected chi connectivity index (χ2v) is 11.9. The summed E-state index contributed by atoms with van der Waals surface area (Å²) < 4.78 is 33.9. The van der Waals surface area contributed by atoms with Gasteiger partial charge in [0.1, 0.15) is 10.8 Å². The van der Waals surface area contributed by atoms with Crippen LogP contribution in [0.3, 0.4) is 0 Å². The minimum absolute atomic E-state index is 0.156. The zero-order chi connectivity index (χ0) is 25.3. The van der Waals surface area contributed by atoms with Crippen molar-refractivity contribution >= 4 is 43.2 Å². The third-order valence-electron chi connectivity index (χ3n) is 6.40. The number of piperidine rings is 1. The van der Waals surface area contributed by atoms with Gasteiger partial charge in [0, 0.05) is 24.3 Å². The van der Waals surface area contributed by atoms with E-state index in [1.165, 1.54) is 29.1 Å². The van der Waals surface area contributed by atoms with Gasteiger partial charge in [-0.05, 0) is 86.0 Å². The topological polar surface area (TPSA) is 88.6 Å². The van der Waals surface area contributed by atoms with E-state index in [2.05, 4.69) is 24.4 Å². The SMILES string of the molecule is COc1ccc(S(=O)(=O)N2CCCC(C(=O)Nc3ccc(-c4nc5ccc(C)cc5s4)cc3)C2)cc1. The Labute approximate surface area is 214 Å². The number of fused-ring (bicyclic) bond motifs is 1. The van der Waals surface area contributed by atoms with Crippen molar-refractivity contribution in [1.29, 1.82) is 0 Å². The van der Waals surface area contributed by atoms with Crippen LogP contribution in [0.2, 0.25) is 0 Å². The van der Waals surface area contributed by atoms with Gasteiger partial charge in [0.2, 0.25) is 15.9 Å². The lowest BCUT2D eigenvalue weighted by atomic mass is 9.98. The molecule has 3 aromatic carbocycles. The molecule has 1 saturated heterocycles. The molecule has 0 spiro atoms. The summed E-state index contributed by atoms with van der Waals surface area (Å²) in [6.45, 7) is 2.62. The van der Waals surface area contributed by atoms with Crippen molar-refractivity contribution < 1.29 is 17.9 Å². The molecule has 1 unspecified atom stereocenters. The molecule has 0 radical (unpaired) electrons. The molecule has 186 valence electrons. The Bertz CT molecular complexity index is 1500. The number of aromatic nitrogens is 1. The highest BCUT2D eigenvalue weighted by Gasteiger charge is 2.33. The zero-order valence-corrected chi connectivity index (χ0v) is 21.7. The van der Waals surface area contributed by atoms with Crippen LogP contribution in [0.25, 0.3) is 20.8 Å². The van der Waals surface area contributed by atoms with Crippen molar-refractivity contribution in [3.05, 3.63) is 72.3 Å². The number of benzene rings is 3. The first-order valence-corrected chi connectivity index (χ1v) is 14.0. The number of nitrogens with zero attached hydrogens (tertiary/aromatic N) is 2. The van der Waals surface area contributed by atoms with Crippen molar-refractivity contribution in [3.8, 4) is 16.3 Å². The number of amides is 1. The van der Waals surface area contributed by atoms with Gasteiger partial charge in [0.05, 0.1) is 28.1 Å². The van der Waals surface area contributed by atoms with E-state index in [-0.39, 0.29) is 17.3 Å². The third-order valence-corrected chi connectivity index (χ3v) is 9.34. The second-order valence-electron chi connectivity index (χ2n) is 8.93. The normalized spacial score (nSPS) is 16.7. The van der Waals surface area contributed by atoms with Gasteiger partial charge in [-0.3, -0.25) is 4.79 Å². The average Bonchev–Trinajstić information content (AvgIpc) is 3.32. The van der Waals surface area contributed by atoms with E-state index >= 15 is 0 Å². The molecule has 1 N–H and O–H groups in total. The van der Waals surface area contributed by atoms with Crippen molar-refractivity contribution in [2.75, 3.05) is 25.5 Å². The van der Waals surface area contributed by atoms with Gasteiger partial charge < -0.3 is 10.1 Å². The Morgan fingerprint density at radius 3 is 2.56 bits per heavy atom. The molecule has 1 aliphatic rings. The second kappa shape index (κ2) is 10.0. The fourth-order valence-electron chi connectivity index (χ4n) is 4.37. The van der Waals surface area contributed by atoms with Gasteiger partial charge in [0.15, 0.2) is 0 Å². The molecule has 4 aromatic rings. The average molecular weight is 522 g/mol. The molecule has 1 aromatic heterocycles. The van der Waals surface area contributed by atoms with Crippen LogP contribution >= 0.6 is 11.3 Å². The lowest BCUT2D eigenvalue weighted by Crippen LogP contribution is -2.43. The molecule has 5 rings (SSSR count). The van der Waals surface area contributed by atoms with Crippen LogP contribution in [0.15, 0.2) is 71.6 Å². The molecular weight excluding hydrogens is 494 g/mol. The van der Waals surface area contributed by atoms with E-state index in [0.717, 1.165) is 20.8 Å². The number of thiazole rings is 1. The molecule has 0 bridgehead atoms. The van der Waals surface area contributed by atoms with Gasteiger partial charge in [0.25, 0.3) is 0 Å². The van der Waals surface area contributed by atoms with Crippen LogP contribution in [-0.4, -0.2) is 43.8 Å². The minimum Gasteiger partial charge on any atom is -0.497 e. The summed E-state index contributed by atoms with van der Waals surface area (Å²) in [6.07, 6.45) is 1.27. The Morgan fingerprint density at radius 1 is 1.08 bits per heavy atom. The lowest BCUT2D eigenvalue weighted by Gasteiger charge is -2.31. The van der Waals surface area contributed by atoms with Gasteiger partial charge >= 0.3 is 0 Å². The minimum atomic E-state index is -3.68. The highest BCUT2D eigenvalue weighted by atomic mass is 32.2. The smallest absolute Gasteiger partial charge is 0.243 e. The number of ether oxygens (including phenoxy) is 1. The number of carbonyl (C=O) groups excluding carboxylic acids is 1. The van der Waals surface area contributed by atoms with Crippen molar-refractivity contribution in [2.45, 2.75) is 24.7 Å². The standard InChI is InChI=1S/C27H27N3O4S2/c1-18-5-14-24-25(16-18)35-27(29-24)19-6-8-21(9-7-19)28-26(31)20-4-3-15-30(17-20)36(32,33)23-12-10-22(34-2)11-13-23/h5-14,16,20H,3-4,15,17H2,1-2H3,(H,28,31). The number of rotatable bonds is 6. The third kappa shape index (κ3) is 5.00. The number of hydrogen-bond donors (Lipinski definition) is 1. The molecule has 1 atom stereocenters. The molecule has 1 amide bonds. The maximum absolute atomic E-state index is 13.1. The van der Waals surface area contributed by atoms with E-state index < -0.39 is 15.9 Å². The molecule has 0 saturated carbocycles. The highest BCUT2D eigenvalue weighted by molar-refractivity contribution is 7.89. The van der Waals surface area contributed by atoms with Gasteiger partial charge in [-0.15, -0.1) is 11.3 Å². The Hall–Kier alpha value is -3.27. The molecule has 2 heterocycles. The summed E-state index contributed by atoms with van der Waals surface area (Å²) in [7, 11) is -2.15.